The molecule has 3 fully saturated rings. The van der Waals surface area contributed by atoms with E-state index in [2.05, 4.69) is 15.2 Å². The number of benzene rings is 1. The first-order valence-electron chi connectivity index (χ1n) is 11.9. The van der Waals surface area contributed by atoms with Crippen molar-refractivity contribution in [1.29, 1.82) is 0 Å². The molecule has 2 saturated heterocycles. The van der Waals surface area contributed by atoms with Gasteiger partial charge in [-0.1, -0.05) is 6.07 Å². The first-order chi connectivity index (χ1) is 16.0. The quantitative estimate of drug-likeness (QED) is 0.719. The summed E-state index contributed by atoms with van der Waals surface area (Å²) in [5, 5.41) is 3.58. The van der Waals surface area contributed by atoms with Gasteiger partial charge in [0.1, 0.15) is 11.6 Å². The van der Waals surface area contributed by atoms with Crippen LogP contribution in [0.5, 0.6) is 0 Å². The second-order valence-electron chi connectivity index (χ2n) is 9.70. The molecule has 0 radical (unpaired) electrons. The Hall–Kier alpha value is -2.78. The van der Waals surface area contributed by atoms with E-state index in [-0.39, 0.29) is 23.8 Å². The molecule has 4 heterocycles. The van der Waals surface area contributed by atoms with Crippen molar-refractivity contribution >= 4 is 23.4 Å². The molecule has 6 rings (SSSR count). The number of hydrogen-bond donors (Lipinski definition) is 2. The summed E-state index contributed by atoms with van der Waals surface area (Å²) in [6, 6.07) is 5.07. The van der Waals surface area contributed by atoms with Crippen molar-refractivity contribution in [2.75, 3.05) is 41.4 Å². The molecule has 1 aromatic heterocycles. The number of hydrogen-bond acceptors (Lipinski definition) is 7. The van der Waals surface area contributed by atoms with Crippen LogP contribution in [0.25, 0.3) is 0 Å². The van der Waals surface area contributed by atoms with Gasteiger partial charge in [-0.2, -0.15) is 4.98 Å². The number of nitrogens with one attached hydrogen (secondary N) is 1. The van der Waals surface area contributed by atoms with Crippen LogP contribution in [-0.4, -0.2) is 54.3 Å². The van der Waals surface area contributed by atoms with Gasteiger partial charge in [0.25, 0.3) is 0 Å². The van der Waals surface area contributed by atoms with Gasteiger partial charge in [0.15, 0.2) is 0 Å². The van der Waals surface area contributed by atoms with Crippen molar-refractivity contribution in [2.24, 2.45) is 5.73 Å². The number of anilines is 3. The molecule has 1 aromatic carbocycles. The summed E-state index contributed by atoms with van der Waals surface area (Å²) in [6.07, 6.45) is 6.15. The molecule has 2 aromatic rings. The first-order valence-corrected chi connectivity index (χ1v) is 11.9. The predicted molar refractivity (Wildman–Crippen MR) is 123 cm³/mol. The molecule has 0 bridgehead atoms. The molecule has 1 amide bonds. The normalized spacial score (nSPS) is 23.9. The van der Waals surface area contributed by atoms with Crippen LogP contribution in [0.2, 0.25) is 0 Å². The molecule has 1 unspecified atom stereocenters. The highest BCUT2D eigenvalue weighted by molar-refractivity contribution is 6.10. The lowest BCUT2D eigenvalue weighted by atomic mass is 9.98. The maximum atomic E-state index is 14.1. The van der Waals surface area contributed by atoms with Gasteiger partial charge in [0.2, 0.25) is 11.9 Å². The second-order valence-corrected chi connectivity index (χ2v) is 9.70. The Bertz CT molecular complexity index is 1080. The van der Waals surface area contributed by atoms with Crippen LogP contribution < -0.4 is 20.9 Å². The zero-order chi connectivity index (χ0) is 22.6. The smallest absolute Gasteiger partial charge is 0.238 e. The fourth-order valence-corrected chi connectivity index (χ4v) is 5.35. The van der Waals surface area contributed by atoms with Gasteiger partial charge in [-0.25, -0.2) is 9.37 Å². The Morgan fingerprint density at radius 3 is 2.79 bits per heavy atom. The number of nitrogens with two attached hydrogens (primary N) is 1. The fourth-order valence-electron chi connectivity index (χ4n) is 5.35. The fraction of sp³-hybridized carbons (Fsp3) is 0.542. The summed E-state index contributed by atoms with van der Waals surface area (Å²) in [4.78, 5) is 26.7. The highest BCUT2D eigenvalue weighted by Gasteiger charge is 2.59. The maximum Gasteiger partial charge on any atom is 0.238 e. The third-order valence-corrected chi connectivity index (χ3v) is 7.42. The van der Waals surface area contributed by atoms with Crippen LogP contribution in [-0.2, 0) is 21.5 Å². The van der Waals surface area contributed by atoms with Crippen molar-refractivity contribution < 1.29 is 13.9 Å². The molecular weight excluding hydrogens is 423 g/mol. The lowest BCUT2D eigenvalue weighted by Crippen LogP contribution is -2.33. The highest BCUT2D eigenvalue weighted by atomic mass is 19.1. The van der Waals surface area contributed by atoms with Gasteiger partial charge in [-0.15, -0.1) is 0 Å². The van der Waals surface area contributed by atoms with E-state index in [1.807, 2.05) is 0 Å². The minimum absolute atomic E-state index is 0.0507. The average Bonchev–Trinajstić information content (AvgIpc) is 3.46. The van der Waals surface area contributed by atoms with E-state index >= 15 is 0 Å². The Labute approximate surface area is 192 Å². The lowest BCUT2D eigenvalue weighted by molar-refractivity contribution is -0.120. The summed E-state index contributed by atoms with van der Waals surface area (Å²) < 4.78 is 19.6. The van der Waals surface area contributed by atoms with Crippen LogP contribution in [0.4, 0.5) is 21.8 Å². The molecule has 3 N–H and O–H groups in total. The maximum absolute atomic E-state index is 14.1. The average molecular weight is 453 g/mol. The van der Waals surface area contributed by atoms with Crippen LogP contribution >= 0.6 is 0 Å². The van der Waals surface area contributed by atoms with Crippen LogP contribution in [0, 0.1) is 5.82 Å². The van der Waals surface area contributed by atoms with Crippen LogP contribution in [0.1, 0.15) is 43.2 Å². The predicted octanol–water partition coefficient (Wildman–Crippen LogP) is 2.32. The number of rotatable bonds is 5. The largest absolute Gasteiger partial charge is 0.381 e. The van der Waals surface area contributed by atoms with Crippen LogP contribution in [0.15, 0.2) is 24.4 Å². The molecule has 1 aliphatic carbocycles. The number of amides is 1. The Morgan fingerprint density at radius 2 is 2.06 bits per heavy atom. The number of aromatic nitrogens is 2. The summed E-state index contributed by atoms with van der Waals surface area (Å²) in [7, 11) is 0. The van der Waals surface area contributed by atoms with Gasteiger partial charge in [0.05, 0.1) is 17.6 Å². The summed E-state index contributed by atoms with van der Waals surface area (Å²) >= 11 is 0. The molecule has 8 nitrogen and oxygen atoms in total. The molecule has 1 saturated carbocycles. The molecule has 9 heteroatoms. The van der Waals surface area contributed by atoms with E-state index in [0.29, 0.717) is 31.4 Å². The van der Waals surface area contributed by atoms with Crippen molar-refractivity contribution in [1.82, 2.24) is 9.97 Å². The van der Waals surface area contributed by atoms with Gasteiger partial charge in [-0.05, 0) is 49.8 Å². The van der Waals surface area contributed by atoms with Crippen molar-refractivity contribution in [3.05, 3.63) is 41.3 Å². The minimum atomic E-state index is -0.468. The highest BCUT2D eigenvalue weighted by Crippen LogP contribution is 2.57. The summed E-state index contributed by atoms with van der Waals surface area (Å²) in [5.74, 6) is 1.10. The number of nitrogens with zero attached hydrogens (tertiary/aromatic N) is 4. The van der Waals surface area contributed by atoms with E-state index < -0.39 is 5.41 Å². The number of ether oxygens (including phenoxy) is 1. The Kier molecular flexibility index (Phi) is 4.99. The van der Waals surface area contributed by atoms with Crippen molar-refractivity contribution in [3.8, 4) is 0 Å². The van der Waals surface area contributed by atoms with Gasteiger partial charge in [-0.3, -0.25) is 4.79 Å². The Morgan fingerprint density at radius 1 is 1.24 bits per heavy atom. The topological polar surface area (TPSA) is 96.6 Å². The third kappa shape index (κ3) is 3.63. The molecule has 1 atom stereocenters. The number of halogens is 1. The van der Waals surface area contributed by atoms with E-state index in [4.69, 9.17) is 15.5 Å². The van der Waals surface area contributed by atoms with Gasteiger partial charge < -0.3 is 25.6 Å². The summed E-state index contributed by atoms with van der Waals surface area (Å²) in [5.41, 5.74) is 8.06. The van der Waals surface area contributed by atoms with E-state index in [9.17, 15) is 9.18 Å². The lowest BCUT2D eigenvalue weighted by Gasteiger charge is -2.27. The standard InChI is InChI=1S/C24H29FN6O2/c25-16-1-2-19-20(11-16)31(22(32)24(19)6-7-24)13-15-12-27-23(30-8-3-17(26)14-30)29-21(15)28-18-4-9-33-10-5-18/h1-2,11-12,17-18H,3-10,13-14,26H2,(H,27,28,29). The first kappa shape index (κ1) is 20.8. The molecular formula is C24H29FN6O2. The van der Waals surface area contributed by atoms with Crippen molar-refractivity contribution in [3.63, 3.8) is 0 Å². The number of fused-ring (bicyclic) bond motifs is 2. The second kappa shape index (κ2) is 7.92. The van der Waals surface area contributed by atoms with Gasteiger partial charge >= 0.3 is 0 Å². The van der Waals surface area contributed by atoms with Crippen LogP contribution in [0.3, 0.4) is 0 Å². The number of carbonyl (C=O) groups is 1. The zero-order valence-electron chi connectivity index (χ0n) is 18.6. The molecule has 174 valence electrons. The van der Waals surface area contributed by atoms with E-state index in [1.165, 1.54) is 12.1 Å². The summed E-state index contributed by atoms with van der Waals surface area (Å²) in [6.45, 7) is 3.30. The van der Waals surface area contributed by atoms with Crippen molar-refractivity contribution in [2.45, 2.75) is 56.1 Å². The molecule has 1 spiro atoms. The molecule has 33 heavy (non-hydrogen) atoms. The van der Waals surface area contributed by atoms with Gasteiger partial charge in [0, 0.05) is 50.1 Å². The molecule has 3 aliphatic heterocycles. The van der Waals surface area contributed by atoms with E-state index in [0.717, 1.165) is 62.1 Å². The zero-order valence-corrected chi connectivity index (χ0v) is 18.6. The monoisotopic (exact) mass is 452 g/mol. The molecule has 4 aliphatic rings. The third-order valence-electron chi connectivity index (χ3n) is 7.42. The van der Waals surface area contributed by atoms with E-state index in [1.54, 1.807) is 17.2 Å². The SMILES string of the molecule is NC1CCN(c2ncc(CN3C(=O)C4(CC4)c4ccc(F)cc43)c(NC3CCOCC3)n2)C1. The number of carbonyl (C=O) groups excluding carboxylic acids is 1. The minimum Gasteiger partial charge on any atom is -0.381 e. The Balaban J connectivity index is 1.33.